The van der Waals surface area contributed by atoms with Crippen molar-refractivity contribution < 1.29 is 83.4 Å². The van der Waals surface area contributed by atoms with E-state index in [0.717, 1.165) is 44.2 Å². The van der Waals surface area contributed by atoms with E-state index in [1.807, 2.05) is 0 Å². The Kier molecular flexibility index (Phi) is 43.8. The molecule has 346 valence electrons. The van der Waals surface area contributed by atoms with Crippen molar-refractivity contribution in [1.82, 2.24) is 0 Å². The van der Waals surface area contributed by atoms with Crippen LogP contribution in [0.4, 0.5) is 0 Å². The zero-order valence-corrected chi connectivity index (χ0v) is 43.6. The van der Waals surface area contributed by atoms with Crippen molar-refractivity contribution in [2.75, 3.05) is 13.2 Å². The zero-order chi connectivity index (χ0) is 43.6. The van der Waals surface area contributed by atoms with Crippen molar-refractivity contribution in [2.45, 2.75) is 250 Å². The van der Waals surface area contributed by atoms with Crippen molar-refractivity contribution >= 4 is 22.1 Å². The Balaban J connectivity index is 0.0000360. The maximum atomic E-state index is 13.0. The minimum absolute atomic E-state index is 0. The number of allylic oxidation sites excluding steroid dienone is 4. The van der Waals surface area contributed by atoms with Gasteiger partial charge in [-0.3, -0.25) is 0 Å². The Morgan fingerprint density at radius 2 is 0.721 bits per heavy atom. The molecule has 0 radical (unpaired) electrons. The van der Waals surface area contributed by atoms with Crippen LogP contribution in [0.15, 0.2) is 47.4 Å². The average molecular weight is 897 g/mol. The van der Waals surface area contributed by atoms with Gasteiger partial charge in [-0.05, 0) is 69.6 Å². The third kappa shape index (κ3) is 37.1. The van der Waals surface area contributed by atoms with E-state index in [1.54, 1.807) is 0 Å². The molecular weight excluding hydrogens is 808 g/mol. The van der Waals surface area contributed by atoms with Gasteiger partial charge >= 0.3 is 63.3 Å². The van der Waals surface area contributed by atoms with E-state index < -0.39 is 27.0 Å². The van der Waals surface area contributed by atoms with Gasteiger partial charge in [0, 0.05) is 0 Å². The molecule has 0 aliphatic heterocycles. The summed E-state index contributed by atoms with van der Waals surface area (Å²) in [6.45, 7) is 4.85. The Hall–Kier alpha value is -0.814. The van der Waals surface area contributed by atoms with Crippen LogP contribution in [-0.2, 0) is 19.6 Å². The second-order valence-corrected chi connectivity index (χ2v) is 18.5. The molecule has 1 rings (SSSR count). The van der Waals surface area contributed by atoms with Gasteiger partial charge in [0.05, 0.1) is 29.2 Å². The second kappa shape index (κ2) is 44.4. The molecular formula is C52H89KO7S. The predicted molar refractivity (Wildman–Crippen MR) is 251 cm³/mol. The fourth-order valence-corrected chi connectivity index (χ4v) is 8.09. The van der Waals surface area contributed by atoms with E-state index in [2.05, 4.69) is 38.2 Å². The van der Waals surface area contributed by atoms with Gasteiger partial charge in [0.2, 0.25) is 0 Å². The molecule has 0 aliphatic carbocycles. The molecule has 0 aliphatic rings. The van der Waals surface area contributed by atoms with Crippen LogP contribution in [0.3, 0.4) is 0 Å². The van der Waals surface area contributed by atoms with Crippen molar-refractivity contribution in [1.29, 1.82) is 0 Å². The maximum Gasteiger partial charge on any atom is 1.00 e. The summed E-state index contributed by atoms with van der Waals surface area (Å²) in [6, 6.07) is 3.16. The molecule has 0 saturated carbocycles. The van der Waals surface area contributed by atoms with Crippen LogP contribution in [0.5, 0.6) is 0 Å². The van der Waals surface area contributed by atoms with E-state index in [-0.39, 0.29) is 75.7 Å². The zero-order valence-electron chi connectivity index (χ0n) is 39.7. The van der Waals surface area contributed by atoms with Gasteiger partial charge in [-0.1, -0.05) is 218 Å². The smallest absolute Gasteiger partial charge is 0.744 e. The first-order chi connectivity index (χ1) is 29.3. The molecule has 61 heavy (non-hydrogen) atoms. The number of ether oxygens (including phenoxy) is 2. The van der Waals surface area contributed by atoms with E-state index >= 15 is 0 Å². The molecule has 1 aromatic carbocycles. The molecule has 9 heteroatoms. The molecule has 7 nitrogen and oxygen atoms in total. The van der Waals surface area contributed by atoms with Crippen LogP contribution < -0.4 is 51.4 Å². The number of hydrogen-bond donors (Lipinski definition) is 0. The molecule has 0 atom stereocenters. The van der Waals surface area contributed by atoms with Crippen molar-refractivity contribution in [2.24, 2.45) is 0 Å². The summed E-state index contributed by atoms with van der Waals surface area (Å²) in [7, 11) is -4.82. The average Bonchev–Trinajstić information content (AvgIpc) is 3.24. The molecule has 0 unspecified atom stereocenters. The summed E-state index contributed by atoms with van der Waals surface area (Å²) in [5, 5.41) is 0. The Morgan fingerprint density at radius 3 is 1.03 bits per heavy atom. The first kappa shape index (κ1) is 60.2. The van der Waals surface area contributed by atoms with E-state index in [0.29, 0.717) is 12.8 Å². The molecule has 0 heterocycles. The van der Waals surface area contributed by atoms with Crippen molar-refractivity contribution in [3.8, 4) is 0 Å². The van der Waals surface area contributed by atoms with Gasteiger partial charge in [0.15, 0.2) is 0 Å². The number of hydrogen-bond acceptors (Lipinski definition) is 7. The SMILES string of the molecule is CCCC/C=C/CCCCCCCCCCCCCCCCOC(=O)c1ccc(S(=O)(=O)[O-])cc1C(=O)OCCCCCCCCCCCCCCCC/C=C/CCCC.[K+]. The molecule has 0 amide bonds. The maximum absolute atomic E-state index is 13.0. The number of rotatable bonds is 43. The monoisotopic (exact) mass is 897 g/mol. The van der Waals surface area contributed by atoms with Gasteiger partial charge in [-0.25, -0.2) is 18.0 Å². The quantitative estimate of drug-likeness (QED) is 0.0211. The van der Waals surface area contributed by atoms with Crippen LogP contribution in [0.25, 0.3) is 0 Å². The summed E-state index contributed by atoms with van der Waals surface area (Å²) in [5.74, 6) is -1.54. The molecule has 0 aromatic heterocycles. The normalized spacial score (nSPS) is 11.7. The summed E-state index contributed by atoms with van der Waals surface area (Å²) in [4.78, 5) is 25.3. The van der Waals surface area contributed by atoms with Crippen LogP contribution in [0.1, 0.15) is 266 Å². The third-order valence-corrected chi connectivity index (χ3v) is 12.3. The molecule has 0 bridgehead atoms. The minimum Gasteiger partial charge on any atom is -0.744 e. The number of unbranched alkanes of at least 4 members (excludes halogenated alkanes) is 32. The number of carbonyl (C=O) groups excluding carboxylic acids is 2. The Morgan fingerprint density at radius 1 is 0.443 bits per heavy atom. The summed E-state index contributed by atoms with van der Waals surface area (Å²) < 4.78 is 45.9. The number of benzene rings is 1. The van der Waals surface area contributed by atoms with Gasteiger partial charge in [-0.2, -0.15) is 0 Å². The van der Waals surface area contributed by atoms with Gasteiger partial charge in [-0.15, -0.1) is 0 Å². The van der Waals surface area contributed by atoms with Crippen LogP contribution in [0.2, 0.25) is 0 Å². The fraction of sp³-hybridized carbons (Fsp3) is 0.769. The van der Waals surface area contributed by atoms with E-state index in [9.17, 15) is 22.6 Å². The van der Waals surface area contributed by atoms with Gasteiger partial charge < -0.3 is 14.0 Å². The molecule has 0 spiro atoms. The molecule has 0 N–H and O–H groups in total. The first-order valence-electron chi connectivity index (χ1n) is 25.0. The first-order valence-corrected chi connectivity index (χ1v) is 26.5. The second-order valence-electron chi connectivity index (χ2n) is 17.1. The number of carbonyl (C=O) groups is 2. The van der Waals surface area contributed by atoms with E-state index in [4.69, 9.17) is 9.47 Å². The summed E-state index contributed by atoms with van der Waals surface area (Å²) in [6.07, 6.45) is 53.6. The molecule has 0 fully saturated rings. The van der Waals surface area contributed by atoms with Crippen LogP contribution in [0, 0.1) is 0 Å². The van der Waals surface area contributed by atoms with Gasteiger partial charge in [0.1, 0.15) is 10.1 Å². The van der Waals surface area contributed by atoms with E-state index in [1.165, 1.54) is 192 Å². The standard InChI is InChI=1S/C52H90O7S.K/c1-3-5-7-9-11-13-15-17-19-21-23-25-27-29-31-33-35-37-39-41-45-58-51(53)49-44-43-48(60(55,56)57)47-50(49)52(54)59-46-42-40-38-36-34-32-30-28-26-24-22-20-18-16-14-12-10-8-6-4-2;/h9-12,43-44,47H,3-8,13-42,45-46H2,1-2H3,(H,55,56,57);/q;+1/p-1/b11-9+,12-10+;. The predicted octanol–water partition coefficient (Wildman–Crippen LogP) is 13.1. The van der Waals surface area contributed by atoms with Crippen LogP contribution in [-0.4, -0.2) is 38.1 Å². The van der Waals surface area contributed by atoms with Crippen LogP contribution >= 0.6 is 0 Å². The Labute approximate surface area is 418 Å². The van der Waals surface area contributed by atoms with Crippen molar-refractivity contribution in [3.05, 3.63) is 53.6 Å². The minimum atomic E-state index is -4.82. The Bertz CT molecular complexity index is 1340. The summed E-state index contributed by atoms with van der Waals surface area (Å²) >= 11 is 0. The topological polar surface area (TPSA) is 110 Å². The molecule has 0 saturated heterocycles. The third-order valence-electron chi connectivity index (χ3n) is 11.5. The fourth-order valence-electron chi connectivity index (χ4n) is 7.60. The van der Waals surface area contributed by atoms with Gasteiger partial charge in [0.25, 0.3) is 0 Å². The van der Waals surface area contributed by atoms with Crippen molar-refractivity contribution in [3.63, 3.8) is 0 Å². The largest absolute Gasteiger partial charge is 1.00 e. The number of esters is 2. The molecule has 1 aromatic rings. The summed E-state index contributed by atoms with van der Waals surface area (Å²) in [5.41, 5.74) is -0.331.